The Morgan fingerprint density at radius 3 is 2.00 bits per heavy atom. The van der Waals surface area contributed by atoms with Gasteiger partial charge < -0.3 is 0 Å². The maximum Gasteiger partial charge on any atom is -0.0201 e. The van der Waals surface area contributed by atoms with Crippen molar-refractivity contribution in [2.45, 2.75) is 41.0 Å². The molecule has 0 bridgehead atoms. The maximum absolute atomic E-state index is 2.21. The fourth-order valence-corrected chi connectivity index (χ4v) is 1.33. The van der Waals surface area contributed by atoms with Crippen molar-refractivity contribution in [3.63, 3.8) is 0 Å². The lowest BCUT2D eigenvalue weighted by molar-refractivity contribution is 1.23. The summed E-state index contributed by atoms with van der Waals surface area (Å²) in [7, 11) is 0. The molecular formula is C14H22. The molecule has 0 amide bonds. The number of benzene rings is 1. The van der Waals surface area contributed by atoms with Crippen LogP contribution in [-0.4, -0.2) is 0 Å². The van der Waals surface area contributed by atoms with Crippen molar-refractivity contribution >= 4 is 6.08 Å². The molecule has 0 N–H and O–H groups in total. The zero-order valence-corrected chi connectivity index (χ0v) is 10.1. The molecule has 0 radical (unpaired) electrons. The van der Waals surface area contributed by atoms with Crippen molar-refractivity contribution in [3.05, 3.63) is 41.0 Å². The predicted molar refractivity (Wildman–Crippen MR) is 66.6 cm³/mol. The van der Waals surface area contributed by atoms with Crippen LogP contribution in [0, 0.1) is 13.8 Å². The fraction of sp³-hybridized carbons (Fsp3) is 0.429. The van der Waals surface area contributed by atoms with Gasteiger partial charge in [0, 0.05) is 0 Å². The largest absolute Gasteiger partial charge is 0.0842 e. The molecule has 0 fully saturated rings. The lowest BCUT2D eigenvalue weighted by Gasteiger charge is -2.03. The van der Waals surface area contributed by atoms with Gasteiger partial charge >= 0.3 is 0 Å². The summed E-state index contributed by atoms with van der Waals surface area (Å²) in [6, 6.07) is 6.42. The first-order valence-corrected chi connectivity index (χ1v) is 5.48. The summed E-state index contributed by atoms with van der Waals surface area (Å²) in [5, 5.41) is 0. The summed E-state index contributed by atoms with van der Waals surface area (Å²) in [6.45, 7) is 10.5. The molecule has 1 rings (SSSR count). The second kappa shape index (κ2) is 7.37. The van der Waals surface area contributed by atoms with Crippen LogP contribution in [0.5, 0.6) is 0 Å². The van der Waals surface area contributed by atoms with E-state index in [1.54, 1.807) is 0 Å². The summed E-state index contributed by atoms with van der Waals surface area (Å²) in [6.07, 6.45) is 5.52. The van der Waals surface area contributed by atoms with E-state index in [0.717, 1.165) is 6.42 Å². The van der Waals surface area contributed by atoms with Crippen molar-refractivity contribution < 1.29 is 0 Å². The highest BCUT2D eigenvalue weighted by atomic mass is 14.0. The molecule has 0 spiro atoms. The molecule has 0 aliphatic rings. The minimum Gasteiger partial charge on any atom is -0.0842 e. The summed E-state index contributed by atoms with van der Waals surface area (Å²) in [5.41, 5.74) is 4.10. The molecule has 0 atom stereocenters. The topological polar surface area (TPSA) is 0 Å². The molecule has 0 saturated carbocycles. The third-order valence-corrected chi connectivity index (χ3v) is 2.06. The molecule has 14 heavy (non-hydrogen) atoms. The lowest BCUT2D eigenvalue weighted by atomic mass is 10.0. The van der Waals surface area contributed by atoms with Gasteiger partial charge in [0.2, 0.25) is 0 Å². The van der Waals surface area contributed by atoms with Gasteiger partial charge in [0.05, 0.1) is 0 Å². The Balaban J connectivity index is 0.000000791. The fourth-order valence-electron chi connectivity index (χ4n) is 1.33. The standard InChI is InChI=1S/C12H16.C2H6/c1-4-5-9-12-10(2)7-6-8-11(12)3;1-2/h5-9H,4H2,1-3H3;1-2H3/b9-5-;. The first-order chi connectivity index (χ1) is 6.75. The van der Waals surface area contributed by atoms with Gasteiger partial charge in [-0.25, -0.2) is 0 Å². The first kappa shape index (κ1) is 13.0. The Kier molecular flexibility index (Phi) is 6.82. The second-order valence-electron chi connectivity index (χ2n) is 3.12. The molecule has 0 heterocycles. The molecule has 0 aromatic heterocycles. The Morgan fingerprint density at radius 2 is 1.57 bits per heavy atom. The Morgan fingerprint density at radius 1 is 1.07 bits per heavy atom. The van der Waals surface area contributed by atoms with Crippen LogP contribution in [0.1, 0.15) is 43.9 Å². The molecule has 0 saturated heterocycles. The van der Waals surface area contributed by atoms with E-state index in [-0.39, 0.29) is 0 Å². The van der Waals surface area contributed by atoms with E-state index in [1.165, 1.54) is 16.7 Å². The minimum atomic E-state index is 1.10. The molecule has 0 unspecified atom stereocenters. The lowest BCUT2D eigenvalue weighted by Crippen LogP contribution is -1.84. The van der Waals surface area contributed by atoms with Crippen LogP contribution in [0.15, 0.2) is 24.3 Å². The number of rotatable bonds is 2. The van der Waals surface area contributed by atoms with E-state index in [4.69, 9.17) is 0 Å². The van der Waals surface area contributed by atoms with Crippen molar-refractivity contribution in [2.24, 2.45) is 0 Å². The summed E-state index contributed by atoms with van der Waals surface area (Å²) >= 11 is 0. The minimum absolute atomic E-state index is 1.10. The molecule has 0 heteroatoms. The Bertz CT molecular complexity index is 262. The third kappa shape index (κ3) is 3.78. The first-order valence-electron chi connectivity index (χ1n) is 5.48. The normalized spacial score (nSPS) is 9.79. The van der Waals surface area contributed by atoms with E-state index in [1.807, 2.05) is 13.8 Å². The SMILES string of the molecule is CC.CC/C=C\c1c(C)cccc1C. The maximum atomic E-state index is 2.21. The third-order valence-electron chi connectivity index (χ3n) is 2.06. The number of hydrogen-bond donors (Lipinski definition) is 0. The van der Waals surface area contributed by atoms with E-state index >= 15 is 0 Å². The van der Waals surface area contributed by atoms with Crippen LogP contribution >= 0.6 is 0 Å². The zero-order valence-electron chi connectivity index (χ0n) is 10.1. The summed E-state index contributed by atoms with van der Waals surface area (Å²) in [4.78, 5) is 0. The van der Waals surface area contributed by atoms with Gasteiger partial charge in [-0.3, -0.25) is 0 Å². The Hall–Kier alpha value is -1.04. The van der Waals surface area contributed by atoms with E-state index < -0.39 is 0 Å². The highest BCUT2D eigenvalue weighted by Gasteiger charge is 1.95. The van der Waals surface area contributed by atoms with Gasteiger partial charge in [-0.05, 0) is 37.0 Å². The van der Waals surface area contributed by atoms with Crippen molar-refractivity contribution in [3.8, 4) is 0 Å². The molecule has 0 aliphatic heterocycles. The van der Waals surface area contributed by atoms with Gasteiger partial charge in [-0.1, -0.05) is 51.1 Å². The summed E-state index contributed by atoms with van der Waals surface area (Å²) in [5.74, 6) is 0. The quantitative estimate of drug-likeness (QED) is 0.631. The van der Waals surface area contributed by atoms with Crippen molar-refractivity contribution in [2.75, 3.05) is 0 Å². The highest BCUT2D eigenvalue weighted by molar-refractivity contribution is 5.57. The van der Waals surface area contributed by atoms with Gasteiger partial charge in [0.25, 0.3) is 0 Å². The molecule has 78 valence electrons. The van der Waals surface area contributed by atoms with E-state index in [2.05, 4.69) is 51.1 Å². The second-order valence-corrected chi connectivity index (χ2v) is 3.12. The van der Waals surface area contributed by atoms with Crippen LogP contribution < -0.4 is 0 Å². The van der Waals surface area contributed by atoms with Crippen LogP contribution in [0.4, 0.5) is 0 Å². The molecule has 1 aromatic rings. The number of allylic oxidation sites excluding steroid dienone is 1. The molecule has 1 aromatic carbocycles. The molecular weight excluding hydrogens is 168 g/mol. The average molecular weight is 190 g/mol. The smallest absolute Gasteiger partial charge is 0.0201 e. The highest BCUT2D eigenvalue weighted by Crippen LogP contribution is 2.14. The van der Waals surface area contributed by atoms with Gasteiger partial charge in [0.15, 0.2) is 0 Å². The Labute approximate surface area is 88.7 Å². The van der Waals surface area contributed by atoms with Crippen LogP contribution in [0.25, 0.3) is 6.08 Å². The summed E-state index contributed by atoms with van der Waals surface area (Å²) < 4.78 is 0. The average Bonchev–Trinajstić information content (AvgIpc) is 2.20. The molecule has 0 aliphatic carbocycles. The van der Waals surface area contributed by atoms with Crippen LogP contribution in [0.2, 0.25) is 0 Å². The van der Waals surface area contributed by atoms with Crippen molar-refractivity contribution in [1.82, 2.24) is 0 Å². The molecule has 0 nitrogen and oxygen atoms in total. The van der Waals surface area contributed by atoms with Crippen molar-refractivity contribution in [1.29, 1.82) is 0 Å². The van der Waals surface area contributed by atoms with Crippen LogP contribution in [0.3, 0.4) is 0 Å². The zero-order chi connectivity index (χ0) is 11.0. The van der Waals surface area contributed by atoms with E-state index in [9.17, 15) is 0 Å². The monoisotopic (exact) mass is 190 g/mol. The van der Waals surface area contributed by atoms with Gasteiger partial charge in [-0.2, -0.15) is 0 Å². The predicted octanol–water partition coefficient (Wildman–Crippen LogP) is 4.75. The van der Waals surface area contributed by atoms with E-state index in [0.29, 0.717) is 0 Å². The van der Waals surface area contributed by atoms with Gasteiger partial charge in [0.1, 0.15) is 0 Å². The number of aryl methyl sites for hydroxylation is 2. The van der Waals surface area contributed by atoms with Gasteiger partial charge in [-0.15, -0.1) is 0 Å². The van der Waals surface area contributed by atoms with Crippen LogP contribution in [-0.2, 0) is 0 Å². The number of hydrogen-bond acceptors (Lipinski definition) is 0.